The smallest absolute Gasteiger partial charge is 0.305 e. The Balaban J connectivity index is 1.73. The van der Waals surface area contributed by atoms with E-state index >= 15 is 0 Å². The average molecular weight is 195 g/mol. The lowest BCUT2D eigenvalue weighted by molar-refractivity contribution is -0.364. The molecule has 76 valence electrons. The van der Waals surface area contributed by atoms with Gasteiger partial charge >= 0.3 is 6.36 Å². The van der Waals surface area contributed by atoms with Crippen LogP contribution in [0.1, 0.15) is 12.8 Å². The molecule has 0 amide bonds. The van der Waals surface area contributed by atoms with Crippen molar-refractivity contribution in [1.29, 1.82) is 0 Å². The van der Waals surface area contributed by atoms with Crippen molar-refractivity contribution in [2.75, 3.05) is 20.1 Å². The minimum Gasteiger partial charge on any atom is -0.305 e. The zero-order valence-electron chi connectivity index (χ0n) is 7.40. The van der Waals surface area contributed by atoms with E-state index in [2.05, 4.69) is 9.64 Å². The van der Waals surface area contributed by atoms with E-state index in [1.54, 1.807) is 0 Å². The highest BCUT2D eigenvalue weighted by molar-refractivity contribution is 5.04. The highest BCUT2D eigenvalue weighted by Gasteiger charge is 2.54. The quantitative estimate of drug-likeness (QED) is 0.630. The standard InChI is InChI=1S/C8H12F3NO/c1-12-4-7(5-12)2-6(3-7)13-8(9,10)11/h6H,2-5H2,1H3. The Morgan fingerprint density at radius 1 is 1.31 bits per heavy atom. The van der Waals surface area contributed by atoms with Crippen molar-refractivity contribution >= 4 is 0 Å². The third-order valence-electron chi connectivity index (χ3n) is 2.83. The molecule has 0 aromatic heterocycles. The van der Waals surface area contributed by atoms with Crippen LogP contribution in [0, 0.1) is 5.41 Å². The number of likely N-dealkylation sites (tertiary alicyclic amines) is 1. The van der Waals surface area contributed by atoms with Gasteiger partial charge in [-0.3, -0.25) is 4.74 Å². The summed E-state index contributed by atoms with van der Waals surface area (Å²) in [4.78, 5) is 2.11. The first-order valence-electron chi connectivity index (χ1n) is 4.32. The summed E-state index contributed by atoms with van der Waals surface area (Å²) in [5.74, 6) is 0. The first-order valence-corrected chi connectivity index (χ1v) is 4.32. The zero-order chi connectivity index (χ0) is 9.69. The molecule has 0 unspecified atom stereocenters. The van der Waals surface area contributed by atoms with Crippen molar-refractivity contribution in [2.24, 2.45) is 5.41 Å². The highest BCUT2D eigenvalue weighted by Crippen LogP contribution is 2.50. The van der Waals surface area contributed by atoms with Crippen LogP contribution in [0.2, 0.25) is 0 Å². The van der Waals surface area contributed by atoms with Crippen molar-refractivity contribution < 1.29 is 17.9 Å². The summed E-state index contributed by atoms with van der Waals surface area (Å²) < 4.78 is 39.2. The Morgan fingerprint density at radius 3 is 2.23 bits per heavy atom. The lowest BCUT2D eigenvalue weighted by atomic mass is 9.62. The van der Waals surface area contributed by atoms with Crippen LogP contribution in [0.3, 0.4) is 0 Å². The van der Waals surface area contributed by atoms with Gasteiger partial charge in [-0.05, 0) is 19.9 Å². The predicted molar refractivity (Wildman–Crippen MR) is 40.1 cm³/mol. The minimum atomic E-state index is -4.46. The molecule has 0 radical (unpaired) electrons. The SMILES string of the molecule is CN1CC2(CC(OC(F)(F)F)C2)C1. The maximum Gasteiger partial charge on any atom is 0.522 e. The Morgan fingerprint density at radius 2 is 1.85 bits per heavy atom. The molecule has 5 heteroatoms. The van der Waals surface area contributed by atoms with Crippen molar-refractivity contribution in [3.8, 4) is 0 Å². The lowest BCUT2D eigenvalue weighted by Gasteiger charge is -2.57. The summed E-state index contributed by atoms with van der Waals surface area (Å²) in [5.41, 5.74) is 0.157. The monoisotopic (exact) mass is 195 g/mol. The summed E-state index contributed by atoms with van der Waals surface area (Å²) in [6.45, 7) is 1.84. The van der Waals surface area contributed by atoms with Crippen molar-refractivity contribution in [3.05, 3.63) is 0 Å². The van der Waals surface area contributed by atoms with Crippen LogP contribution in [-0.4, -0.2) is 37.5 Å². The van der Waals surface area contributed by atoms with Crippen LogP contribution in [0.25, 0.3) is 0 Å². The van der Waals surface area contributed by atoms with Crippen molar-refractivity contribution in [2.45, 2.75) is 25.3 Å². The second-order valence-electron chi connectivity index (χ2n) is 4.27. The van der Waals surface area contributed by atoms with Gasteiger partial charge in [-0.15, -0.1) is 13.2 Å². The molecule has 2 rings (SSSR count). The molecular formula is C8H12F3NO. The third kappa shape index (κ3) is 1.81. The zero-order valence-corrected chi connectivity index (χ0v) is 7.40. The van der Waals surface area contributed by atoms with E-state index in [0.717, 1.165) is 13.1 Å². The summed E-state index contributed by atoms with van der Waals surface area (Å²) >= 11 is 0. The molecule has 1 aliphatic heterocycles. The van der Waals surface area contributed by atoms with E-state index in [9.17, 15) is 13.2 Å². The minimum absolute atomic E-state index is 0.157. The average Bonchev–Trinajstić information content (AvgIpc) is 1.76. The second-order valence-corrected chi connectivity index (χ2v) is 4.27. The summed E-state index contributed by atoms with van der Waals surface area (Å²) in [6.07, 6.45) is -3.91. The maximum absolute atomic E-state index is 11.7. The molecule has 1 aliphatic carbocycles. The van der Waals surface area contributed by atoms with Crippen LogP contribution < -0.4 is 0 Å². The Kier molecular flexibility index (Phi) is 1.86. The van der Waals surface area contributed by atoms with Crippen LogP contribution in [-0.2, 0) is 4.74 Å². The number of nitrogens with zero attached hydrogens (tertiary/aromatic N) is 1. The lowest BCUT2D eigenvalue weighted by Crippen LogP contribution is -2.63. The van der Waals surface area contributed by atoms with Crippen molar-refractivity contribution in [1.82, 2.24) is 4.90 Å². The summed E-state index contributed by atoms with van der Waals surface area (Å²) in [7, 11) is 1.98. The number of rotatable bonds is 1. The number of hydrogen-bond donors (Lipinski definition) is 0. The van der Waals surface area contributed by atoms with E-state index in [1.165, 1.54) is 0 Å². The Bertz CT molecular complexity index is 202. The molecule has 2 fully saturated rings. The van der Waals surface area contributed by atoms with Gasteiger partial charge in [0.25, 0.3) is 0 Å². The number of halogens is 3. The van der Waals surface area contributed by atoms with Gasteiger partial charge < -0.3 is 4.90 Å². The molecule has 1 spiro atoms. The fraction of sp³-hybridized carbons (Fsp3) is 1.00. The maximum atomic E-state index is 11.7. The number of ether oxygens (including phenoxy) is 1. The number of hydrogen-bond acceptors (Lipinski definition) is 2. The van der Waals surface area contributed by atoms with Crippen LogP contribution in [0.5, 0.6) is 0 Å². The number of alkyl halides is 3. The predicted octanol–water partition coefficient (Wildman–Crippen LogP) is 1.62. The van der Waals surface area contributed by atoms with Crippen LogP contribution >= 0.6 is 0 Å². The third-order valence-corrected chi connectivity index (χ3v) is 2.83. The highest BCUT2D eigenvalue weighted by atomic mass is 19.4. The molecule has 1 heterocycles. The first kappa shape index (κ1) is 9.27. The van der Waals surface area contributed by atoms with Crippen molar-refractivity contribution in [3.63, 3.8) is 0 Å². The summed E-state index contributed by atoms with van der Waals surface area (Å²) in [5, 5.41) is 0. The normalized spacial score (nSPS) is 28.6. The summed E-state index contributed by atoms with van der Waals surface area (Å²) in [6, 6.07) is 0. The Labute approximate surface area is 74.7 Å². The molecule has 1 saturated heterocycles. The van der Waals surface area contributed by atoms with E-state index < -0.39 is 12.5 Å². The Hall–Kier alpha value is -0.290. The molecule has 2 aliphatic rings. The van der Waals surface area contributed by atoms with E-state index in [0.29, 0.717) is 12.8 Å². The van der Waals surface area contributed by atoms with Gasteiger partial charge in [-0.2, -0.15) is 0 Å². The van der Waals surface area contributed by atoms with Crippen LogP contribution in [0.15, 0.2) is 0 Å². The molecule has 0 bridgehead atoms. The molecule has 0 atom stereocenters. The van der Waals surface area contributed by atoms with Gasteiger partial charge in [-0.1, -0.05) is 0 Å². The fourth-order valence-electron chi connectivity index (χ4n) is 2.54. The van der Waals surface area contributed by atoms with Gasteiger partial charge in [0.1, 0.15) is 0 Å². The van der Waals surface area contributed by atoms with Gasteiger partial charge in [0.2, 0.25) is 0 Å². The topological polar surface area (TPSA) is 12.5 Å². The van der Waals surface area contributed by atoms with Crippen LogP contribution in [0.4, 0.5) is 13.2 Å². The molecule has 0 aromatic rings. The second kappa shape index (κ2) is 2.60. The molecule has 2 nitrogen and oxygen atoms in total. The molecule has 0 N–H and O–H groups in total. The van der Waals surface area contributed by atoms with E-state index in [-0.39, 0.29) is 5.41 Å². The van der Waals surface area contributed by atoms with Gasteiger partial charge in [0.05, 0.1) is 6.10 Å². The van der Waals surface area contributed by atoms with Gasteiger partial charge in [-0.25, -0.2) is 0 Å². The molecule has 0 aromatic carbocycles. The molecular weight excluding hydrogens is 183 g/mol. The molecule has 13 heavy (non-hydrogen) atoms. The van der Waals surface area contributed by atoms with E-state index in [4.69, 9.17) is 0 Å². The van der Waals surface area contributed by atoms with Gasteiger partial charge in [0, 0.05) is 18.5 Å². The van der Waals surface area contributed by atoms with Gasteiger partial charge in [0.15, 0.2) is 0 Å². The fourth-order valence-corrected chi connectivity index (χ4v) is 2.54. The van der Waals surface area contributed by atoms with E-state index in [1.807, 2.05) is 7.05 Å². The molecule has 1 saturated carbocycles. The first-order chi connectivity index (χ1) is 5.89. The largest absolute Gasteiger partial charge is 0.522 e.